The average molecular weight is 151 g/mol. The van der Waals surface area contributed by atoms with E-state index < -0.39 is 10.1 Å². The van der Waals surface area contributed by atoms with Gasteiger partial charge in [0.05, 0.1) is 10.1 Å². The number of rotatable bonds is 3. The topological polar surface area (TPSA) is 57.2 Å². The Hall–Kier alpha value is -0.0900. The highest BCUT2D eigenvalue weighted by Crippen LogP contribution is 2.02. The highest BCUT2D eigenvalue weighted by molar-refractivity contribution is 7.85. The number of hydrogen-bond acceptors (Lipinski definition) is 3. The van der Waals surface area contributed by atoms with Gasteiger partial charge in [0, 0.05) is 5.75 Å². The van der Waals surface area contributed by atoms with Crippen molar-refractivity contribution in [2.75, 3.05) is 5.75 Å². The van der Waals surface area contributed by atoms with Gasteiger partial charge in [0.15, 0.2) is 0 Å². The minimum atomic E-state index is -3.99. The van der Waals surface area contributed by atoms with Crippen molar-refractivity contribution in [2.45, 2.75) is 20.3 Å². The second-order valence-corrected chi connectivity index (χ2v) is 3.69. The van der Waals surface area contributed by atoms with Gasteiger partial charge >= 0.3 is 0 Å². The number of hydrogen-bond donors (Lipinski definition) is 0. The minimum Gasteiger partial charge on any atom is -0.748 e. The summed E-state index contributed by atoms with van der Waals surface area (Å²) in [6.45, 7) is 3.60. The van der Waals surface area contributed by atoms with E-state index in [1.807, 2.05) is 6.92 Å². The Bertz CT molecular complexity index is 159. The van der Waals surface area contributed by atoms with Gasteiger partial charge in [-0.15, -0.1) is 0 Å². The van der Waals surface area contributed by atoms with E-state index in [-0.39, 0.29) is 11.7 Å². The van der Waals surface area contributed by atoms with Crippen LogP contribution in [0.25, 0.3) is 0 Å². The fourth-order valence-corrected chi connectivity index (χ4v) is 1.40. The molecule has 0 bridgehead atoms. The second-order valence-electron chi connectivity index (χ2n) is 2.24. The Morgan fingerprint density at radius 2 is 2.00 bits per heavy atom. The predicted octanol–water partition coefficient (Wildman–Crippen LogP) is 0.578. The third-order valence-corrected chi connectivity index (χ3v) is 2.16. The van der Waals surface area contributed by atoms with Gasteiger partial charge in [0.2, 0.25) is 0 Å². The lowest BCUT2D eigenvalue weighted by Crippen LogP contribution is -2.11. The van der Waals surface area contributed by atoms with Crippen LogP contribution in [0.2, 0.25) is 0 Å². The predicted molar refractivity (Wildman–Crippen MR) is 34.0 cm³/mol. The molecule has 3 nitrogen and oxygen atoms in total. The van der Waals surface area contributed by atoms with Crippen LogP contribution in [0.3, 0.4) is 0 Å². The van der Waals surface area contributed by atoms with E-state index in [2.05, 4.69) is 0 Å². The molecular weight excluding hydrogens is 140 g/mol. The van der Waals surface area contributed by atoms with Gasteiger partial charge in [0.1, 0.15) is 0 Å². The zero-order chi connectivity index (χ0) is 7.49. The molecule has 0 aromatic heterocycles. The van der Waals surface area contributed by atoms with E-state index >= 15 is 0 Å². The van der Waals surface area contributed by atoms with Gasteiger partial charge in [-0.2, -0.15) is 0 Å². The van der Waals surface area contributed by atoms with Crippen LogP contribution < -0.4 is 0 Å². The minimum absolute atomic E-state index is 0.00694. The van der Waals surface area contributed by atoms with Gasteiger partial charge < -0.3 is 4.55 Å². The Morgan fingerprint density at radius 1 is 1.56 bits per heavy atom. The molecule has 0 aliphatic rings. The Labute approximate surface area is 55.8 Å². The van der Waals surface area contributed by atoms with Gasteiger partial charge in [-0.1, -0.05) is 20.3 Å². The summed E-state index contributed by atoms with van der Waals surface area (Å²) in [5.74, 6) is -0.240. The fourth-order valence-electron chi connectivity index (χ4n) is 0.466. The summed E-state index contributed by atoms with van der Waals surface area (Å²) in [7, 11) is -3.99. The maximum absolute atomic E-state index is 10.0. The molecule has 0 radical (unpaired) electrons. The molecule has 4 heteroatoms. The fraction of sp³-hybridized carbons (Fsp3) is 1.00. The normalized spacial score (nSPS) is 15.4. The molecule has 0 rings (SSSR count). The van der Waals surface area contributed by atoms with Crippen LogP contribution in [0.4, 0.5) is 0 Å². The van der Waals surface area contributed by atoms with Crippen LogP contribution in [0, 0.1) is 5.92 Å². The summed E-state index contributed by atoms with van der Waals surface area (Å²) in [5, 5.41) is 0. The van der Waals surface area contributed by atoms with Crippen molar-refractivity contribution in [1.29, 1.82) is 0 Å². The van der Waals surface area contributed by atoms with Crippen LogP contribution in [-0.2, 0) is 10.1 Å². The van der Waals surface area contributed by atoms with Crippen molar-refractivity contribution in [3.05, 3.63) is 0 Å². The smallest absolute Gasteiger partial charge is 0.0948 e. The lowest BCUT2D eigenvalue weighted by molar-refractivity contribution is 0.449. The Morgan fingerprint density at radius 3 is 2.11 bits per heavy atom. The highest BCUT2D eigenvalue weighted by Gasteiger charge is 2.02. The second kappa shape index (κ2) is 3.17. The molecule has 0 heterocycles. The molecule has 1 unspecified atom stereocenters. The molecule has 0 N–H and O–H groups in total. The van der Waals surface area contributed by atoms with E-state index in [1.54, 1.807) is 6.92 Å². The third kappa shape index (κ3) is 5.79. The van der Waals surface area contributed by atoms with Crippen LogP contribution in [0.1, 0.15) is 20.3 Å². The lowest BCUT2D eigenvalue weighted by atomic mass is 10.2. The molecule has 0 saturated heterocycles. The first kappa shape index (κ1) is 8.91. The molecule has 1 atom stereocenters. The van der Waals surface area contributed by atoms with E-state index in [4.69, 9.17) is 0 Å². The van der Waals surface area contributed by atoms with Crippen molar-refractivity contribution in [2.24, 2.45) is 5.92 Å². The average Bonchev–Trinajstić information content (AvgIpc) is 1.62. The van der Waals surface area contributed by atoms with Crippen LogP contribution in [-0.4, -0.2) is 18.7 Å². The van der Waals surface area contributed by atoms with Crippen molar-refractivity contribution in [3.8, 4) is 0 Å². The third-order valence-electron chi connectivity index (χ3n) is 1.19. The summed E-state index contributed by atoms with van der Waals surface area (Å²) in [5.41, 5.74) is 0. The van der Waals surface area contributed by atoms with Crippen molar-refractivity contribution in [3.63, 3.8) is 0 Å². The van der Waals surface area contributed by atoms with Crippen molar-refractivity contribution in [1.82, 2.24) is 0 Å². The summed E-state index contributed by atoms with van der Waals surface area (Å²) in [6, 6.07) is 0. The monoisotopic (exact) mass is 151 g/mol. The van der Waals surface area contributed by atoms with E-state index in [9.17, 15) is 13.0 Å². The van der Waals surface area contributed by atoms with Crippen molar-refractivity contribution >= 4 is 10.1 Å². The van der Waals surface area contributed by atoms with Gasteiger partial charge in [-0.3, -0.25) is 0 Å². The molecule has 9 heavy (non-hydrogen) atoms. The molecular formula is C5H11O3S-. The van der Waals surface area contributed by atoms with Gasteiger partial charge in [-0.25, -0.2) is 8.42 Å². The maximum atomic E-state index is 10.0. The molecule has 0 aromatic carbocycles. The summed E-state index contributed by atoms with van der Waals surface area (Å²) in [4.78, 5) is 0. The molecule has 0 amide bonds. The van der Waals surface area contributed by atoms with Crippen LogP contribution in [0.15, 0.2) is 0 Å². The standard InChI is InChI=1S/C5H12O3S/c1-3-5(2)4-9(6,7)8/h5H,3-4H2,1-2H3,(H,6,7,8)/p-1. The van der Waals surface area contributed by atoms with Crippen LogP contribution in [0.5, 0.6) is 0 Å². The summed E-state index contributed by atoms with van der Waals surface area (Å²) < 4.78 is 30.1. The molecule has 0 saturated carbocycles. The first-order valence-corrected chi connectivity index (χ1v) is 4.47. The molecule has 0 aromatic rings. The van der Waals surface area contributed by atoms with E-state index in [0.717, 1.165) is 6.42 Å². The SMILES string of the molecule is CCC(C)CS(=O)(=O)[O-]. The Kier molecular flexibility index (Phi) is 3.14. The molecule has 0 spiro atoms. The van der Waals surface area contributed by atoms with Gasteiger partial charge in [-0.05, 0) is 5.92 Å². The van der Waals surface area contributed by atoms with E-state index in [0.29, 0.717) is 0 Å². The maximum Gasteiger partial charge on any atom is 0.0948 e. The summed E-state index contributed by atoms with van der Waals surface area (Å²) in [6.07, 6.45) is 0.738. The zero-order valence-electron chi connectivity index (χ0n) is 5.62. The first-order chi connectivity index (χ1) is 3.95. The van der Waals surface area contributed by atoms with Crippen LogP contribution >= 0.6 is 0 Å². The molecule has 56 valence electrons. The first-order valence-electron chi connectivity index (χ1n) is 2.89. The zero-order valence-corrected chi connectivity index (χ0v) is 6.44. The quantitative estimate of drug-likeness (QED) is 0.554. The lowest BCUT2D eigenvalue weighted by Gasteiger charge is -2.10. The molecule has 0 aliphatic carbocycles. The molecule has 0 aliphatic heterocycles. The molecule has 0 fully saturated rings. The summed E-state index contributed by atoms with van der Waals surface area (Å²) >= 11 is 0. The highest BCUT2D eigenvalue weighted by atomic mass is 32.2. The largest absolute Gasteiger partial charge is 0.748 e. The van der Waals surface area contributed by atoms with Crippen molar-refractivity contribution < 1.29 is 13.0 Å². The van der Waals surface area contributed by atoms with E-state index in [1.165, 1.54) is 0 Å². The Balaban J connectivity index is 3.75. The van der Waals surface area contributed by atoms with Gasteiger partial charge in [0.25, 0.3) is 0 Å².